The van der Waals surface area contributed by atoms with Crippen molar-refractivity contribution in [1.29, 1.82) is 0 Å². The number of thiophene rings is 2. The largest absolute Gasteiger partial charge is 0.487 e. The van der Waals surface area contributed by atoms with Gasteiger partial charge in [-0.1, -0.05) is 38.0 Å². The van der Waals surface area contributed by atoms with E-state index in [-0.39, 0.29) is 0 Å². The van der Waals surface area contributed by atoms with E-state index in [1.807, 2.05) is 11.3 Å². The molecule has 0 bridgehead atoms. The standard InChI is InChI=1S/C13H18OS2/c1-4-5-6-9(2)10-7-11-12(15-10)8-13(14-3)16-11/h7-9H,4-6H2,1-3H3. The van der Waals surface area contributed by atoms with Crippen LogP contribution in [-0.4, -0.2) is 7.11 Å². The average molecular weight is 254 g/mol. The first kappa shape index (κ1) is 11.9. The summed E-state index contributed by atoms with van der Waals surface area (Å²) in [4.78, 5) is 1.53. The van der Waals surface area contributed by atoms with Crippen LogP contribution in [0.25, 0.3) is 9.40 Å². The third-order valence-corrected chi connectivity index (χ3v) is 5.37. The van der Waals surface area contributed by atoms with Crippen LogP contribution in [0.1, 0.15) is 43.9 Å². The van der Waals surface area contributed by atoms with Crippen LogP contribution in [0.2, 0.25) is 0 Å². The Morgan fingerprint density at radius 1 is 1.25 bits per heavy atom. The molecule has 0 aliphatic rings. The molecule has 2 heterocycles. The summed E-state index contributed by atoms with van der Waals surface area (Å²) in [5, 5.41) is 1.02. The zero-order valence-electron chi connectivity index (χ0n) is 10.1. The minimum atomic E-state index is 0.704. The Bertz CT molecular complexity index is 424. The number of methoxy groups -OCH3 is 1. The normalized spacial score (nSPS) is 13.2. The molecular weight excluding hydrogens is 236 g/mol. The fourth-order valence-corrected chi connectivity index (χ4v) is 4.12. The molecule has 3 heteroatoms. The molecule has 0 radical (unpaired) electrons. The summed E-state index contributed by atoms with van der Waals surface area (Å²) >= 11 is 3.67. The molecule has 0 N–H and O–H groups in total. The molecule has 0 spiro atoms. The molecular formula is C13H18OS2. The minimum absolute atomic E-state index is 0.704. The average Bonchev–Trinajstić information content (AvgIpc) is 2.82. The van der Waals surface area contributed by atoms with Crippen molar-refractivity contribution in [3.8, 4) is 5.06 Å². The Kier molecular flexibility index (Phi) is 3.87. The highest BCUT2D eigenvalue weighted by atomic mass is 32.1. The molecule has 0 aromatic carbocycles. The zero-order chi connectivity index (χ0) is 11.5. The van der Waals surface area contributed by atoms with E-state index in [0.717, 1.165) is 5.06 Å². The maximum atomic E-state index is 5.25. The van der Waals surface area contributed by atoms with Gasteiger partial charge in [-0.05, 0) is 18.4 Å². The molecule has 2 aromatic heterocycles. The molecule has 16 heavy (non-hydrogen) atoms. The number of unbranched alkanes of at least 4 members (excludes halogenated alkanes) is 1. The molecule has 0 saturated carbocycles. The van der Waals surface area contributed by atoms with Gasteiger partial charge in [-0.15, -0.1) is 11.3 Å². The Morgan fingerprint density at radius 2 is 2.00 bits per heavy atom. The van der Waals surface area contributed by atoms with Crippen molar-refractivity contribution in [3.63, 3.8) is 0 Å². The molecule has 0 saturated heterocycles. The first-order valence-corrected chi connectivity index (χ1v) is 7.45. The van der Waals surface area contributed by atoms with Crippen LogP contribution >= 0.6 is 22.7 Å². The van der Waals surface area contributed by atoms with E-state index < -0.39 is 0 Å². The first-order chi connectivity index (χ1) is 7.74. The van der Waals surface area contributed by atoms with Gasteiger partial charge in [0.05, 0.1) is 7.11 Å². The van der Waals surface area contributed by atoms with Gasteiger partial charge in [-0.2, -0.15) is 0 Å². The van der Waals surface area contributed by atoms with Crippen molar-refractivity contribution in [2.75, 3.05) is 7.11 Å². The van der Waals surface area contributed by atoms with Crippen LogP contribution in [-0.2, 0) is 0 Å². The second kappa shape index (κ2) is 5.19. The van der Waals surface area contributed by atoms with Gasteiger partial charge in [-0.3, -0.25) is 0 Å². The fraction of sp³-hybridized carbons (Fsp3) is 0.538. The van der Waals surface area contributed by atoms with Crippen LogP contribution in [0.15, 0.2) is 12.1 Å². The van der Waals surface area contributed by atoms with Crippen LogP contribution in [0.3, 0.4) is 0 Å². The number of rotatable bonds is 5. The lowest BCUT2D eigenvalue weighted by Crippen LogP contribution is -1.88. The molecule has 0 aliphatic heterocycles. The molecule has 1 nitrogen and oxygen atoms in total. The fourth-order valence-electron chi connectivity index (χ4n) is 1.83. The highest BCUT2D eigenvalue weighted by Crippen LogP contribution is 2.40. The van der Waals surface area contributed by atoms with E-state index in [1.165, 1.54) is 33.5 Å². The smallest absolute Gasteiger partial charge is 0.175 e. The summed E-state index contributed by atoms with van der Waals surface area (Å²) in [6.45, 7) is 4.59. The van der Waals surface area contributed by atoms with Gasteiger partial charge in [0, 0.05) is 20.3 Å². The van der Waals surface area contributed by atoms with Gasteiger partial charge in [0.1, 0.15) is 0 Å². The lowest BCUT2D eigenvalue weighted by atomic mass is 10.0. The van der Waals surface area contributed by atoms with Gasteiger partial charge in [0.2, 0.25) is 0 Å². The van der Waals surface area contributed by atoms with Crippen LogP contribution in [0, 0.1) is 0 Å². The van der Waals surface area contributed by atoms with E-state index in [9.17, 15) is 0 Å². The van der Waals surface area contributed by atoms with Crippen LogP contribution in [0.5, 0.6) is 5.06 Å². The maximum absolute atomic E-state index is 5.25. The Hall–Kier alpha value is -0.540. The third-order valence-electron chi connectivity index (χ3n) is 2.88. The Balaban J connectivity index is 2.16. The van der Waals surface area contributed by atoms with Crippen LogP contribution in [0.4, 0.5) is 0 Å². The van der Waals surface area contributed by atoms with Crippen LogP contribution < -0.4 is 4.74 Å². The van der Waals surface area contributed by atoms with Crippen molar-refractivity contribution in [3.05, 3.63) is 17.0 Å². The van der Waals surface area contributed by atoms with Crippen molar-refractivity contribution in [2.45, 2.75) is 39.0 Å². The predicted octanol–water partition coefficient (Wildman–Crippen LogP) is 5.27. The van der Waals surface area contributed by atoms with Crippen molar-refractivity contribution < 1.29 is 4.74 Å². The second-order valence-corrected chi connectivity index (χ2v) is 6.35. The molecule has 0 amide bonds. The third kappa shape index (κ3) is 2.41. The van der Waals surface area contributed by atoms with Gasteiger partial charge in [0.25, 0.3) is 0 Å². The highest BCUT2D eigenvalue weighted by Gasteiger charge is 2.11. The van der Waals surface area contributed by atoms with E-state index in [4.69, 9.17) is 4.74 Å². The lowest BCUT2D eigenvalue weighted by Gasteiger charge is -2.07. The predicted molar refractivity (Wildman–Crippen MR) is 74.2 cm³/mol. The molecule has 88 valence electrons. The SMILES string of the molecule is CCCCC(C)c1cc2sc(OC)cc2s1. The second-order valence-electron chi connectivity index (χ2n) is 4.19. The molecule has 1 unspecified atom stereocenters. The number of hydrogen-bond donors (Lipinski definition) is 0. The van der Waals surface area contributed by atoms with E-state index in [2.05, 4.69) is 26.0 Å². The van der Waals surface area contributed by atoms with Crippen molar-refractivity contribution in [2.24, 2.45) is 0 Å². The van der Waals surface area contributed by atoms with Crippen molar-refractivity contribution in [1.82, 2.24) is 0 Å². The Morgan fingerprint density at radius 3 is 2.62 bits per heavy atom. The lowest BCUT2D eigenvalue weighted by molar-refractivity contribution is 0.427. The first-order valence-electron chi connectivity index (χ1n) is 5.81. The summed E-state index contributed by atoms with van der Waals surface area (Å²) in [6, 6.07) is 4.49. The van der Waals surface area contributed by atoms with E-state index >= 15 is 0 Å². The molecule has 0 fully saturated rings. The highest BCUT2D eigenvalue weighted by molar-refractivity contribution is 7.28. The molecule has 0 aliphatic carbocycles. The summed E-state index contributed by atoms with van der Waals surface area (Å²) in [5.41, 5.74) is 0. The summed E-state index contributed by atoms with van der Waals surface area (Å²) < 4.78 is 8.00. The zero-order valence-corrected chi connectivity index (χ0v) is 11.7. The van der Waals surface area contributed by atoms with Gasteiger partial charge in [0.15, 0.2) is 5.06 Å². The quantitative estimate of drug-likeness (QED) is 0.706. The summed E-state index contributed by atoms with van der Waals surface area (Å²) in [5.74, 6) is 0.704. The molecule has 2 aromatic rings. The summed E-state index contributed by atoms with van der Waals surface area (Å²) in [7, 11) is 1.74. The molecule has 2 rings (SSSR count). The number of hydrogen-bond acceptors (Lipinski definition) is 3. The van der Waals surface area contributed by atoms with Gasteiger partial charge < -0.3 is 4.74 Å². The monoisotopic (exact) mass is 254 g/mol. The minimum Gasteiger partial charge on any atom is -0.487 e. The van der Waals surface area contributed by atoms with E-state index in [1.54, 1.807) is 18.4 Å². The van der Waals surface area contributed by atoms with E-state index in [0.29, 0.717) is 5.92 Å². The number of ether oxygens (including phenoxy) is 1. The number of fused-ring (bicyclic) bond motifs is 1. The van der Waals surface area contributed by atoms with Crippen molar-refractivity contribution >= 4 is 32.1 Å². The van der Waals surface area contributed by atoms with Gasteiger partial charge in [-0.25, -0.2) is 0 Å². The van der Waals surface area contributed by atoms with Gasteiger partial charge >= 0.3 is 0 Å². The topological polar surface area (TPSA) is 9.23 Å². The maximum Gasteiger partial charge on any atom is 0.175 e. The Labute approximate surface area is 105 Å². The summed E-state index contributed by atoms with van der Waals surface area (Å²) in [6.07, 6.45) is 3.93. The molecule has 1 atom stereocenters.